The maximum Gasteiger partial charge on any atom is 0.253 e. The first-order valence-electron chi connectivity index (χ1n) is 9.05. The molecule has 4 heteroatoms. The van der Waals surface area contributed by atoms with Crippen LogP contribution in [0.1, 0.15) is 34.9 Å². The van der Waals surface area contributed by atoms with Gasteiger partial charge in [-0.15, -0.1) is 0 Å². The molecule has 3 rings (SSSR count). The average Bonchev–Trinajstić information content (AvgIpc) is 2.72. The van der Waals surface area contributed by atoms with Crippen LogP contribution < -0.4 is 4.74 Å². The number of aliphatic hydroxyl groups excluding tert-OH is 1. The van der Waals surface area contributed by atoms with Crippen molar-refractivity contribution < 1.29 is 14.6 Å². The summed E-state index contributed by atoms with van der Waals surface area (Å²) in [6.07, 6.45) is 2.84. The molecular formula is C22H25NO3. The minimum Gasteiger partial charge on any atom is -0.490 e. The lowest BCUT2D eigenvalue weighted by atomic mass is 9.87. The molecule has 0 aromatic heterocycles. The van der Waals surface area contributed by atoms with Gasteiger partial charge in [0.15, 0.2) is 0 Å². The number of piperidine rings is 1. The van der Waals surface area contributed by atoms with Crippen LogP contribution in [-0.2, 0) is 0 Å². The molecule has 0 spiro atoms. The van der Waals surface area contributed by atoms with Crippen LogP contribution in [0.15, 0.2) is 67.3 Å². The molecule has 26 heavy (non-hydrogen) atoms. The molecule has 1 saturated heterocycles. The lowest BCUT2D eigenvalue weighted by molar-refractivity contribution is 0.0462. The fourth-order valence-corrected chi connectivity index (χ4v) is 3.37. The summed E-state index contributed by atoms with van der Waals surface area (Å²) in [7, 11) is 0. The van der Waals surface area contributed by atoms with E-state index in [4.69, 9.17) is 4.74 Å². The lowest BCUT2D eigenvalue weighted by Crippen LogP contribution is -2.39. The van der Waals surface area contributed by atoms with Crippen molar-refractivity contribution in [2.75, 3.05) is 19.7 Å². The predicted molar refractivity (Wildman–Crippen MR) is 102 cm³/mol. The molecule has 1 aliphatic rings. The minimum atomic E-state index is -0.463. The monoisotopic (exact) mass is 351 g/mol. The molecule has 1 fully saturated rings. The van der Waals surface area contributed by atoms with E-state index in [0.29, 0.717) is 25.3 Å². The van der Waals surface area contributed by atoms with E-state index in [1.165, 1.54) is 0 Å². The summed E-state index contributed by atoms with van der Waals surface area (Å²) in [5, 5.41) is 10.6. The van der Waals surface area contributed by atoms with Crippen LogP contribution in [0.5, 0.6) is 5.75 Å². The van der Waals surface area contributed by atoms with Crippen LogP contribution in [0.2, 0.25) is 0 Å². The summed E-state index contributed by atoms with van der Waals surface area (Å²) in [5.74, 6) is 0.954. The van der Waals surface area contributed by atoms with E-state index < -0.39 is 6.10 Å². The Morgan fingerprint density at radius 2 is 1.81 bits per heavy atom. The SMILES string of the molecule is C=CCOc1ccc(C(=O)N2CCC(C(O)c3ccccc3)CC2)cc1. The first-order valence-corrected chi connectivity index (χ1v) is 9.05. The average molecular weight is 351 g/mol. The highest BCUT2D eigenvalue weighted by Crippen LogP contribution is 2.31. The molecule has 0 saturated carbocycles. The highest BCUT2D eigenvalue weighted by Gasteiger charge is 2.28. The number of carbonyl (C=O) groups excluding carboxylic acids is 1. The van der Waals surface area contributed by atoms with Crippen LogP contribution in [-0.4, -0.2) is 35.6 Å². The predicted octanol–water partition coefficient (Wildman–Crippen LogP) is 3.84. The quantitative estimate of drug-likeness (QED) is 0.805. The molecule has 0 radical (unpaired) electrons. The summed E-state index contributed by atoms with van der Waals surface area (Å²) in [4.78, 5) is 14.5. The highest BCUT2D eigenvalue weighted by atomic mass is 16.5. The smallest absolute Gasteiger partial charge is 0.253 e. The van der Waals surface area contributed by atoms with Gasteiger partial charge in [0.1, 0.15) is 12.4 Å². The number of hydrogen-bond donors (Lipinski definition) is 1. The van der Waals surface area contributed by atoms with Gasteiger partial charge in [-0.1, -0.05) is 43.0 Å². The molecular weight excluding hydrogens is 326 g/mol. The van der Waals surface area contributed by atoms with E-state index in [2.05, 4.69) is 6.58 Å². The van der Waals surface area contributed by atoms with E-state index in [1.54, 1.807) is 18.2 Å². The maximum atomic E-state index is 12.7. The second-order valence-electron chi connectivity index (χ2n) is 6.61. The van der Waals surface area contributed by atoms with Gasteiger partial charge in [-0.25, -0.2) is 0 Å². The summed E-state index contributed by atoms with van der Waals surface area (Å²) in [5.41, 5.74) is 1.62. The molecule has 1 aliphatic heterocycles. The van der Waals surface area contributed by atoms with Gasteiger partial charge in [0.25, 0.3) is 5.91 Å². The van der Waals surface area contributed by atoms with Gasteiger partial charge in [-0.05, 0) is 48.6 Å². The number of hydrogen-bond acceptors (Lipinski definition) is 3. The Balaban J connectivity index is 1.55. The van der Waals surface area contributed by atoms with E-state index in [1.807, 2.05) is 47.4 Å². The van der Waals surface area contributed by atoms with E-state index in [-0.39, 0.29) is 11.8 Å². The van der Waals surface area contributed by atoms with Crippen molar-refractivity contribution in [3.8, 4) is 5.75 Å². The van der Waals surface area contributed by atoms with Crippen LogP contribution in [0.3, 0.4) is 0 Å². The zero-order valence-corrected chi connectivity index (χ0v) is 14.9. The van der Waals surface area contributed by atoms with Crippen molar-refractivity contribution in [1.29, 1.82) is 0 Å². The zero-order valence-electron chi connectivity index (χ0n) is 14.9. The van der Waals surface area contributed by atoms with Crippen LogP contribution in [0, 0.1) is 5.92 Å². The maximum absolute atomic E-state index is 12.7. The first-order chi connectivity index (χ1) is 12.7. The molecule has 1 atom stereocenters. The molecule has 1 heterocycles. The Hall–Kier alpha value is -2.59. The summed E-state index contributed by atoms with van der Waals surface area (Å²) in [6.45, 7) is 5.40. The number of benzene rings is 2. The van der Waals surface area contributed by atoms with Crippen LogP contribution in [0.25, 0.3) is 0 Å². The third-order valence-corrected chi connectivity index (χ3v) is 4.88. The summed E-state index contributed by atoms with van der Waals surface area (Å²) >= 11 is 0. The number of rotatable bonds is 6. The number of carbonyl (C=O) groups is 1. The minimum absolute atomic E-state index is 0.0351. The number of nitrogens with zero attached hydrogens (tertiary/aromatic N) is 1. The zero-order chi connectivity index (χ0) is 18.4. The van der Waals surface area contributed by atoms with E-state index >= 15 is 0 Å². The standard InChI is InChI=1S/C22H25NO3/c1-2-16-26-20-10-8-19(9-11-20)22(25)23-14-12-18(13-15-23)21(24)17-6-4-3-5-7-17/h2-11,18,21,24H,1,12-16H2. The molecule has 2 aromatic carbocycles. The molecule has 2 aromatic rings. The summed E-state index contributed by atoms with van der Waals surface area (Å²) < 4.78 is 5.45. The second kappa shape index (κ2) is 8.68. The normalized spacial score (nSPS) is 16.1. The molecule has 4 nitrogen and oxygen atoms in total. The third-order valence-electron chi connectivity index (χ3n) is 4.88. The van der Waals surface area contributed by atoms with Crippen molar-refractivity contribution in [3.05, 3.63) is 78.4 Å². The Labute approximate surface area is 154 Å². The molecule has 1 amide bonds. The van der Waals surface area contributed by atoms with Gasteiger partial charge >= 0.3 is 0 Å². The van der Waals surface area contributed by atoms with Gasteiger partial charge in [0.2, 0.25) is 0 Å². The molecule has 0 bridgehead atoms. The molecule has 0 aliphatic carbocycles. The molecule has 136 valence electrons. The molecule has 1 unspecified atom stereocenters. The number of ether oxygens (including phenoxy) is 1. The second-order valence-corrected chi connectivity index (χ2v) is 6.61. The Kier molecular flexibility index (Phi) is 6.08. The van der Waals surface area contributed by atoms with Gasteiger partial charge in [0, 0.05) is 18.7 Å². The van der Waals surface area contributed by atoms with Crippen molar-refractivity contribution in [3.63, 3.8) is 0 Å². The number of aliphatic hydroxyl groups is 1. The van der Waals surface area contributed by atoms with Crippen molar-refractivity contribution >= 4 is 5.91 Å². The topological polar surface area (TPSA) is 49.8 Å². The van der Waals surface area contributed by atoms with Crippen LogP contribution in [0.4, 0.5) is 0 Å². The number of amides is 1. The van der Waals surface area contributed by atoms with Crippen LogP contribution >= 0.6 is 0 Å². The van der Waals surface area contributed by atoms with Crippen molar-refractivity contribution in [2.45, 2.75) is 18.9 Å². The Morgan fingerprint density at radius 3 is 2.42 bits per heavy atom. The third kappa shape index (κ3) is 4.33. The first kappa shape index (κ1) is 18.2. The van der Waals surface area contributed by atoms with E-state index in [0.717, 1.165) is 24.2 Å². The highest BCUT2D eigenvalue weighted by molar-refractivity contribution is 5.94. The largest absolute Gasteiger partial charge is 0.490 e. The fourth-order valence-electron chi connectivity index (χ4n) is 3.37. The van der Waals surface area contributed by atoms with Gasteiger partial charge < -0.3 is 14.7 Å². The number of likely N-dealkylation sites (tertiary alicyclic amines) is 1. The van der Waals surface area contributed by atoms with Gasteiger partial charge in [-0.2, -0.15) is 0 Å². The van der Waals surface area contributed by atoms with E-state index in [9.17, 15) is 9.90 Å². The Bertz CT molecular complexity index is 719. The fraction of sp³-hybridized carbons (Fsp3) is 0.318. The van der Waals surface area contributed by atoms with Gasteiger partial charge in [0.05, 0.1) is 6.10 Å². The lowest BCUT2D eigenvalue weighted by Gasteiger charge is -2.34. The van der Waals surface area contributed by atoms with Gasteiger partial charge in [-0.3, -0.25) is 4.79 Å². The molecule has 1 N–H and O–H groups in total. The summed E-state index contributed by atoms with van der Waals surface area (Å²) in [6, 6.07) is 17.0. The Morgan fingerprint density at radius 1 is 1.15 bits per heavy atom. The van der Waals surface area contributed by atoms with Crippen molar-refractivity contribution in [2.24, 2.45) is 5.92 Å². The van der Waals surface area contributed by atoms with Crippen molar-refractivity contribution in [1.82, 2.24) is 4.90 Å².